The molecule has 5 rings (SSSR count). The Morgan fingerprint density at radius 1 is 0.895 bits per heavy atom. The van der Waals surface area contributed by atoms with Gasteiger partial charge in [0.2, 0.25) is 0 Å². The van der Waals surface area contributed by atoms with Crippen LogP contribution in [0.3, 0.4) is 0 Å². The van der Waals surface area contributed by atoms with Crippen LogP contribution in [0.4, 0.5) is 0 Å². The Morgan fingerprint density at radius 2 is 1.47 bits per heavy atom. The predicted octanol–water partition coefficient (Wildman–Crippen LogP) is 5.50. The highest BCUT2D eigenvalue weighted by molar-refractivity contribution is 9.10. The molecular weight excluding hydrogens is 364 g/mol. The molecule has 1 aromatic rings. The number of alkyl halides is 2. The van der Waals surface area contributed by atoms with Gasteiger partial charge in [-0.2, -0.15) is 0 Å². The Bertz CT molecular complexity index is 501. The fourth-order valence-corrected chi connectivity index (χ4v) is 8.87. The van der Waals surface area contributed by atoms with Crippen molar-refractivity contribution in [1.82, 2.24) is 0 Å². The number of rotatable bonds is 1. The van der Waals surface area contributed by atoms with Crippen LogP contribution in [0.1, 0.15) is 49.7 Å². The molecule has 19 heavy (non-hydrogen) atoms. The standard InChI is InChI=1S/C17H20Br2/c1-12-2-4-14(5-3-12)15-6-13-7-16(18,9-15)11-17(19,8-13)10-15/h2-5,13H,6-11H2,1H3/t13?,15?,16-,17-/m1/s1. The van der Waals surface area contributed by atoms with Crippen molar-refractivity contribution in [1.29, 1.82) is 0 Å². The number of aryl methyl sites for hydroxylation is 1. The molecule has 0 nitrogen and oxygen atoms in total. The molecule has 0 saturated heterocycles. The van der Waals surface area contributed by atoms with Crippen molar-refractivity contribution >= 4 is 31.9 Å². The fraction of sp³-hybridized carbons (Fsp3) is 0.647. The van der Waals surface area contributed by atoms with Crippen molar-refractivity contribution in [3.63, 3.8) is 0 Å². The first kappa shape index (κ1) is 12.9. The second-order valence-corrected chi connectivity index (χ2v) is 10.8. The maximum Gasteiger partial charge on any atom is 0.0282 e. The summed E-state index contributed by atoms with van der Waals surface area (Å²) in [7, 11) is 0. The summed E-state index contributed by atoms with van der Waals surface area (Å²) < 4.78 is 0.779. The van der Waals surface area contributed by atoms with Crippen LogP contribution >= 0.6 is 31.9 Å². The van der Waals surface area contributed by atoms with E-state index in [0.29, 0.717) is 14.1 Å². The van der Waals surface area contributed by atoms with Gasteiger partial charge in [0.25, 0.3) is 0 Å². The van der Waals surface area contributed by atoms with Gasteiger partial charge in [0, 0.05) is 8.65 Å². The van der Waals surface area contributed by atoms with Gasteiger partial charge in [0.1, 0.15) is 0 Å². The van der Waals surface area contributed by atoms with E-state index in [9.17, 15) is 0 Å². The minimum atomic E-state index is 0.390. The topological polar surface area (TPSA) is 0 Å². The summed E-state index contributed by atoms with van der Waals surface area (Å²) in [6, 6.07) is 9.34. The Labute approximate surface area is 132 Å². The van der Waals surface area contributed by atoms with Crippen LogP contribution in [-0.4, -0.2) is 8.65 Å². The summed E-state index contributed by atoms with van der Waals surface area (Å²) >= 11 is 8.22. The smallest absolute Gasteiger partial charge is 0.0282 e. The van der Waals surface area contributed by atoms with Crippen molar-refractivity contribution in [2.75, 3.05) is 0 Å². The summed E-state index contributed by atoms with van der Waals surface area (Å²) in [4.78, 5) is 0. The third-order valence-corrected chi connectivity index (χ3v) is 7.37. The molecule has 0 aromatic heterocycles. The molecule has 4 aliphatic carbocycles. The molecule has 0 heterocycles. The number of benzene rings is 1. The van der Waals surface area contributed by atoms with Gasteiger partial charge in [-0.3, -0.25) is 0 Å². The molecule has 4 fully saturated rings. The Balaban J connectivity index is 1.80. The van der Waals surface area contributed by atoms with E-state index >= 15 is 0 Å². The van der Waals surface area contributed by atoms with Gasteiger partial charge < -0.3 is 0 Å². The third-order valence-electron chi connectivity index (χ3n) is 5.60. The Hall–Kier alpha value is 0.180. The largest absolute Gasteiger partial charge is 0.0852 e. The molecule has 4 bridgehead atoms. The molecule has 0 aliphatic heterocycles. The van der Waals surface area contributed by atoms with Gasteiger partial charge in [-0.25, -0.2) is 0 Å². The summed E-state index contributed by atoms with van der Waals surface area (Å²) in [5, 5.41) is 0. The molecule has 2 atom stereocenters. The Morgan fingerprint density at radius 3 is 2.00 bits per heavy atom. The van der Waals surface area contributed by atoms with E-state index in [2.05, 4.69) is 63.0 Å². The molecule has 0 N–H and O–H groups in total. The minimum absolute atomic E-state index is 0.390. The van der Waals surface area contributed by atoms with E-state index < -0.39 is 0 Å². The number of hydrogen-bond acceptors (Lipinski definition) is 0. The van der Waals surface area contributed by atoms with Crippen molar-refractivity contribution in [2.24, 2.45) is 5.92 Å². The first-order chi connectivity index (χ1) is 8.91. The first-order valence-corrected chi connectivity index (χ1v) is 8.94. The van der Waals surface area contributed by atoms with Crippen LogP contribution in [-0.2, 0) is 5.41 Å². The maximum absolute atomic E-state index is 4.11. The zero-order valence-electron chi connectivity index (χ0n) is 11.4. The number of hydrogen-bond donors (Lipinski definition) is 0. The van der Waals surface area contributed by atoms with Crippen LogP contribution in [0.5, 0.6) is 0 Å². The second kappa shape index (κ2) is 3.88. The second-order valence-electron chi connectivity index (χ2n) is 7.46. The molecule has 0 unspecified atom stereocenters. The van der Waals surface area contributed by atoms with Gasteiger partial charge in [-0.05, 0) is 62.3 Å². The van der Waals surface area contributed by atoms with Crippen LogP contribution in [0.15, 0.2) is 24.3 Å². The van der Waals surface area contributed by atoms with Crippen molar-refractivity contribution in [2.45, 2.75) is 59.5 Å². The lowest BCUT2D eigenvalue weighted by atomic mass is 9.48. The molecule has 0 spiro atoms. The normalized spacial score (nSPS) is 47.6. The van der Waals surface area contributed by atoms with Crippen molar-refractivity contribution in [3.05, 3.63) is 35.4 Å². The molecule has 4 aliphatic rings. The van der Waals surface area contributed by atoms with Crippen LogP contribution in [0.2, 0.25) is 0 Å². The van der Waals surface area contributed by atoms with Crippen LogP contribution < -0.4 is 0 Å². The lowest BCUT2D eigenvalue weighted by Crippen LogP contribution is -2.60. The monoisotopic (exact) mass is 382 g/mol. The maximum atomic E-state index is 4.11. The van der Waals surface area contributed by atoms with Gasteiger partial charge in [-0.15, -0.1) is 0 Å². The first-order valence-electron chi connectivity index (χ1n) is 7.36. The third kappa shape index (κ3) is 1.97. The zero-order valence-corrected chi connectivity index (χ0v) is 14.6. The van der Waals surface area contributed by atoms with E-state index in [1.807, 2.05) is 0 Å². The van der Waals surface area contributed by atoms with E-state index in [0.717, 1.165) is 5.92 Å². The highest BCUT2D eigenvalue weighted by Gasteiger charge is 2.62. The lowest BCUT2D eigenvalue weighted by Gasteiger charge is -2.63. The molecular formula is C17H20Br2. The number of halogens is 2. The average molecular weight is 384 g/mol. The van der Waals surface area contributed by atoms with Crippen molar-refractivity contribution in [3.8, 4) is 0 Å². The van der Waals surface area contributed by atoms with E-state index in [-0.39, 0.29) is 0 Å². The highest BCUT2D eigenvalue weighted by atomic mass is 79.9. The average Bonchev–Trinajstić information content (AvgIpc) is 2.24. The fourth-order valence-electron chi connectivity index (χ4n) is 5.43. The summed E-state index contributed by atoms with van der Waals surface area (Å²) in [5.41, 5.74) is 3.37. The SMILES string of the molecule is Cc1ccc(C23CC4C[C@@](Br)(C2)C[C@@](Br)(C4)C3)cc1. The van der Waals surface area contributed by atoms with Crippen LogP contribution in [0.25, 0.3) is 0 Å². The molecule has 1 aromatic carbocycles. The summed E-state index contributed by atoms with van der Waals surface area (Å²) in [6.45, 7) is 2.18. The van der Waals surface area contributed by atoms with E-state index in [4.69, 9.17) is 0 Å². The van der Waals surface area contributed by atoms with Gasteiger partial charge in [-0.1, -0.05) is 61.7 Å². The highest BCUT2D eigenvalue weighted by Crippen LogP contribution is 2.68. The predicted molar refractivity (Wildman–Crippen MR) is 87.4 cm³/mol. The molecule has 2 heteroatoms. The van der Waals surface area contributed by atoms with E-state index in [1.165, 1.54) is 44.1 Å². The Kier molecular flexibility index (Phi) is 2.63. The van der Waals surface area contributed by atoms with Crippen LogP contribution in [0, 0.1) is 12.8 Å². The molecule has 4 saturated carbocycles. The quantitative estimate of drug-likeness (QED) is 0.561. The van der Waals surface area contributed by atoms with Gasteiger partial charge in [0.15, 0.2) is 0 Å². The minimum Gasteiger partial charge on any atom is -0.0852 e. The van der Waals surface area contributed by atoms with Crippen molar-refractivity contribution < 1.29 is 0 Å². The molecule has 0 radical (unpaired) electrons. The van der Waals surface area contributed by atoms with Gasteiger partial charge in [0.05, 0.1) is 0 Å². The zero-order chi connectivity index (χ0) is 13.3. The molecule has 0 amide bonds. The van der Waals surface area contributed by atoms with Gasteiger partial charge >= 0.3 is 0 Å². The lowest BCUT2D eigenvalue weighted by molar-refractivity contribution is 0.0358. The van der Waals surface area contributed by atoms with E-state index in [1.54, 1.807) is 5.56 Å². The summed E-state index contributed by atoms with van der Waals surface area (Å²) in [5.74, 6) is 0.899. The summed E-state index contributed by atoms with van der Waals surface area (Å²) in [6.07, 6.45) is 8.13. The molecule has 102 valence electrons.